The number of halogens is 1. The quantitative estimate of drug-likeness (QED) is 0.153. The number of aryl methyl sites for hydroxylation is 1. The predicted molar refractivity (Wildman–Crippen MR) is 209 cm³/mol. The first-order chi connectivity index (χ1) is 26.1. The normalized spacial score (nSPS) is 16.7. The molecule has 54 heavy (non-hydrogen) atoms. The van der Waals surface area contributed by atoms with E-state index in [1.54, 1.807) is 44.8 Å². The van der Waals surface area contributed by atoms with Crippen molar-refractivity contribution >= 4 is 40.9 Å². The molecule has 11 nitrogen and oxygen atoms in total. The molecule has 0 bridgehead atoms. The number of nitrogens with zero attached hydrogens (tertiary/aromatic N) is 5. The Hall–Kier alpha value is -5.00. The molecule has 2 unspecified atom stereocenters. The average Bonchev–Trinajstić information content (AvgIpc) is 3.76. The highest BCUT2D eigenvalue weighted by atomic mass is 35.5. The number of fused-ring (bicyclic) bond motifs is 1. The molecule has 4 aromatic rings. The van der Waals surface area contributed by atoms with E-state index < -0.39 is 12.0 Å². The Labute approximate surface area is 321 Å². The molecule has 1 saturated heterocycles. The van der Waals surface area contributed by atoms with Crippen molar-refractivity contribution in [1.29, 1.82) is 0 Å². The number of rotatable bonds is 14. The number of hydrogen-bond donors (Lipinski definition) is 2. The Bertz CT molecular complexity index is 2000. The summed E-state index contributed by atoms with van der Waals surface area (Å²) >= 11 is 6.34. The van der Waals surface area contributed by atoms with Crippen molar-refractivity contribution in [2.24, 2.45) is 5.92 Å². The molecule has 1 fully saturated rings. The van der Waals surface area contributed by atoms with Gasteiger partial charge in [-0.3, -0.25) is 19.2 Å². The molecule has 6 rings (SSSR count). The third kappa shape index (κ3) is 8.53. The molecule has 0 spiro atoms. The monoisotopic (exact) mass is 752 g/mol. The molecule has 2 N–H and O–H groups in total. The molecule has 0 saturated carbocycles. The first-order valence-electron chi connectivity index (χ1n) is 18.9. The van der Waals surface area contributed by atoms with Gasteiger partial charge in [-0.15, -0.1) is 0 Å². The second-order valence-electron chi connectivity index (χ2n) is 14.3. The van der Waals surface area contributed by atoms with Crippen molar-refractivity contribution in [2.45, 2.75) is 78.4 Å². The van der Waals surface area contributed by atoms with Crippen LogP contribution < -0.4 is 5.32 Å². The molecular weight excluding hydrogens is 704 g/mol. The van der Waals surface area contributed by atoms with Gasteiger partial charge in [0.05, 0.1) is 29.8 Å². The Morgan fingerprint density at radius 3 is 2.35 bits per heavy atom. The Balaban J connectivity index is 1.31. The fourth-order valence-electron chi connectivity index (χ4n) is 7.29. The summed E-state index contributed by atoms with van der Waals surface area (Å²) in [6, 6.07) is 21.5. The number of anilines is 1. The summed E-state index contributed by atoms with van der Waals surface area (Å²) < 4.78 is 1.61. The lowest BCUT2D eigenvalue weighted by atomic mass is 9.93. The van der Waals surface area contributed by atoms with Crippen LogP contribution in [0.2, 0.25) is 5.02 Å². The van der Waals surface area contributed by atoms with Crippen molar-refractivity contribution in [1.82, 2.24) is 24.5 Å². The van der Waals surface area contributed by atoms with Gasteiger partial charge >= 0.3 is 0 Å². The van der Waals surface area contributed by atoms with Crippen molar-refractivity contribution in [3.63, 3.8) is 0 Å². The second-order valence-corrected chi connectivity index (χ2v) is 14.7. The van der Waals surface area contributed by atoms with Gasteiger partial charge in [0.25, 0.3) is 11.8 Å². The van der Waals surface area contributed by atoms with E-state index in [1.807, 2.05) is 54.3 Å². The van der Waals surface area contributed by atoms with E-state index in [2.05, 4.69) is 19.2 Å². The zero-order valence-electron chi connectivity index (χ0n) is 31.3. The van der Waals surface area contributed by atoms with E-state index in [-0.39, 0.29) is 48.8 Å². The largest absolute Gasteiger partial charge is 0.394 e. The van der Waals surface area contributed by atoms with Crippen LogP contribution in [-0.4, -0.2) is 85.5 Å². The lowest BCUT2D eigenvalue weighted by molar-refractivity contribution is -0.128. The van der Waals surface area contributed by atoms with Crippen LogP contribution in [-0.2, 0) is 29.1 Å². The highest BCUT2D eigenvalue weighted by Crippen LogP contribution is 2.30. The molecule has 4 amide bonds. The SMILES string of the molecule is CCCCN(CCCC)C(=O)c1cc(C)n(-c2ccc(NC(=O)C3CC(=O)N(Cc4ccccc4Cl)C3)cc2C(=O)N2Cc3ccccc3CC2CO)n1. The lowest BCUT2D eigenvalue weighted by Gasteiger charge is -2.36. The van der Waals surface area contributed by atoms with Gasteiger partial charge in [-0.2, -0.15) is 5.10 Å². The topological polar surface area (TPSA) is 128 Å². The minimum absolute atomic E-state index is 0.0579. The minimum atomic E-state index is -0.596. The van der Waals surface area contributed by atoms with E-state index in [0.717, 1.165) is 42.4 Å². The summed E-state index contributed by atoms with van der Waals surface area (Å²) in [6.07, 6.45) is 4.26. The van der Waals surface area contributed by atoms with Crippen molar-refractivity contribution in [3.8, 4) is 5.69 Å². The van der Waals surface area contributed by atoms with E-state index >= 15 is 0 Å². The van der Waals surface area contributed by atoms with Gasteiger partial charge in [0.15, 0.2) is 5.69 Å². The molecule has 3 heterocycles. The van der Waals surface area contributed by atoms with Gasteiger partial charge < -0.3 is 25.1 Å². The maximum atomic E-state index is 14.7. The Kier molecular flexibility index (Phi) is 12.5. The van der Waals surface area contributed by atoms with Gasteiger partial charge in [-0.05, 0) is 73.2 Å². The first kappa shape index (κ1) is 38.7. The zero-order chi connectivity index (χ0) is 38.4. The summed E-state index contributed by atoms with van der Waals surface area (Å²) in [4.78, 5) is 60.2. The Morgan fingerprint density at radius 2 is 1.65 bits per heavy atom. The molecule has 2 aliphatic rings. The van der Waals surface area contributed by atoms with E-state index in [1.165, 1.54) is 0 Å². The van der Waals surface area contributed by atoms with Gasteiger partial charge in [0.1, 0.15) is 0 Å². The number of aliphatic hydroxyl groups excluding tert-OH is 1. The van der Waals surface area contributed by atoms with Crippen molar-refractivity contribution in [2.75, 3.05) is 31.6 Å². The van der Waals surface area contributed by atoms with Crippen LogP contribution in [0.4, 0.5) is 5.69 Å². The first-order valence-corrected chi connectivity index (χ1v) is 19.3. The van der Waals surface area contributed by atoms with Gasteiger partial charge in [0, 0.05) is 55.5 Å². The van der Waals surface area contributed by atoms with Crippen LogP contribution in [0.3, 0.4) is 0 Å². The van der Waals surface area contributed by atoms with Crippen LogP contribution in [0.1, 0.15) is 89.2 Å². The summed E-state index contributed by atoms with van der Waals surface area (Å²) in [7, 11) is 0. The zero-order valence-corrected chi connectivity index (χ0v) is 32.0. The van der Waals surface area contributed by atoms with Crippen molar-refractivity contribution < 1.29 is 24.3 Å². The molecule has 3 aromatic carbocycles. The predicted octanol–water partition coefficient (Wildman–Crippen LogP) is 6.42. The highest BCUT2D eigenvalue weighted by Gasteiger charge is 2.36. The molecule has 2 atom stereocenters. The number of likely N-dealkylation sites (tertiary alicyclic amines) is 1. The number of hydrogen-bond acceptors (Lipinski definition) is 6. The van der Waals surface area contributed by atoms with Gasteiger partial charge in [0.2, 0.25) is 11.8 Å². The van der Waals surface area contributed by atoms with Crippen LogP contribution in [0.15, 0.2) is 72.8 Å². The summed E-state index contributed by atoms with van der Waals surface area (Å²) in [5, 5.41) is 18.7. The molecule has 0 aliphatic carbocycles. The van der Waals surface area contributed by atoms with Gasteiger partial charge in [-0.25, -0.2) is 4.68 Å². The molecule has 12 heteroatoms. The van der Waals surface area contributed by atoms with Crippen LogP contribution in [0.25, 0.3) is 5.69 Å². The number of unbranched alkanes of at least 4 members (excludes halogenated alkanes) is 2. The summed E-state index contributed by atoms with van der Waals surface area (Å²) in [5.41, 5.74) is 4.93. The number of amides is 4. The number of carbonyl (C=O) groups is 4. The smallest absolute Gasteiger partial charge is 0.274 e. The average molecular weight is 753 g/mol. The standard InChI is InChI=1S/C42H49ClN6O5/c1-4-6-18-46(19-7-5-2)42(54)37-20-28(3)49(45-37)38-17-16-33(23-35(38)41(53)48-26-30-13-9-8-12-29(30)21-34(48)27-50)44-40(52)32-22-39(51)47(25-32)24-31-14-10-11-15-36(31)43/h8-17,20,23,32,34,50H,4-7,18-19,21-22,24-27H2,1-3H3,(H,44,52). The fourth-order valence-corrected chi connectivity index (χ4v) is 7.48. The van der Waals surface area contributed by atoms with Crippen LogP contribution >= 0.6 is 11.6 Å². The van der Waals surface area contributed by atoms with Crippen molar-refractivity contribution in [3.05, 3.63) is 111 Å². The summed E-state index contributed by atoms with van der Waals surface area (Å²) in [6.45, 7) is 7.94. The number of benzene rings is 3. The second kappa shape index (κ2) is 17.4. The fraction of sp³-hybridized carbons (Fsp3) is 0.405. The highest BCUT2D eigenvalue weighted by molar-refractivity contribution is 6.31. The number of aliphatic hydroxyl groups is 1. The maximum absolute atomic E-state index is 14.7. The molecule has 284 valence electrons. The number of nitrogens with one attached hydrogen (secondary N) is 1. The molecule has 0 radical (unpaired) electrons. The third-order valence-electron chi connectivity index (χ3n) is 10.4. The summed E-state index contributed by atoms with van der Waals surface area (Å²) in [5.74, 6) is -1.56. The minimum Gasteiger partial charge on any atom is -0.394 e. The molecule has 1 aromatic heterocycles. The van der Waals surface area contributed by atoms with Crippen LogP contribution in [0.5, 0.6) is 0 Å². The van der Waals surface area contributed by atoms with Crippen LogP contribution in [0, 0.1) is 12.8 Å². The van der Waals surface area contributed by atoms with Gasteiger partial charge in [-0.1, -0.05) is 80.8 Å². The number of carbonyl (C=O) groups excluding carboxylic acids is 4. The third-order valence-corrected chi connectivity index (χ3v) is 10.8. The molecule has 2 aliphatic heterocycles. The number of aromatic nitrogens is 2. The maximum Gasteiger partial charge on any atom is 0.274 e. The van der Waals surface area contributed by atoms with E-state index in [0.29, 0.717) is 60.4 Å². The lowest BCUT2D eigenvalue weighted by Crippen LogP contribution is -2.46. The molecular formula is C42H49ClN6O5. The van der Waals surface area contributed by atoms with E-state index in [9.17, 15) is 24.3 Å². The Morgan fingerprint density at radius 1 is 0.944 bits per heavy atom. The van der Waals surface area contributed by atoms with E-state index in [4.69, 9.17) is 16.7 Å².